The number of aliphatic hydroxyl groups is 1. The summed E-state index contributed by atoms with van der Waals surface area (Å²) in [6, 6.07) is 8.22. The Morgan fingerprint density at radius 2 is 1.93 bits per heavy atom. The van der Waals surface area contributed by atoms with E-state index in [0.717, 1.165) is 12.1 Å². The molecular weight excluding hydrogens is 174 g/mol. The first-order valence-electron chi connectivity index (χ1n) is 4.80. The van der Waals surface area contributed by atoms with Crippen LogP contribution in [0.25, 0.3) is 5.76 Å². The van der Waals surface area contributed by atoms with Crippen LogP contribution in [0.15, 0.2) is 30.8 Å². The van der Waals surface area contributed by atoms with Crippen LogP contribution >= 0.6 is 0 Å². The third kappa shape index (κ3) is 3.23. The molecule has 1 aromatic rings. The topological polar surface area (TPSA) is 32.3 Å². The minimum Gasteiger partial charge on any atom is -0.508 e. The summed E-state index contributed by atoms with van der Waals surface area (Å²) in [7, 11) is 0. The third-order valence-electron chi connectivity index (χ3n) is 2.00. The van der Waals surface area contributed by atoms with Crippen molar-refractivity contribution in [2.75, 3.05) is 0 Å². The Kier molecular flexibility index (Phi) is 3.72. The molecule has 0 spiro atoms. The summed E-state index contributed by atoms with van der Waals surface area (Å²) in [6.45, 7) is 8.56. The van der Waals surface area contributed by atoms with E-state index in [1.54, 1.807) is 0 Å². The number of nitrogens with one attached hydrogen (secondary N) is 1. The summed E-state index contributed by atoms with van der Waals surface area (Å²) < 4.78 is 0. The van der Waals surface area contributed by atoms with Crippen molar-refractivity contribution >= 4 is 5.76 Å². The normalized spacial score (nSPS) is 10.5. The molecule has 1 rings (SSSR count). The number of benzene rings is 1. The van der Waals surface area contributed by atoms with Crippen LogP contribution in [0, 0.1) is 0 Å². The molecule has 2 N–H and O–H groups in total. The zero-order valence-electron chi connectivity index (χ0n) is 8.75. The molecule has 0 aliphatic carbocycles. The molecule has 0 fully saturated rings. The molecule has 76 valence electrons. The van der Waals surface area contributed by atoms with Crippen LogP contribution in [-0.4, -0.2) is 11.1 Å². The molecule has 0 amide bonds. The van der Waals surface area contributed by atoms with Crippen molar-refractivity contribution < 1.29 is 5.11 Å². The maximum atomic E-state index is 9.12. The van der Waals surface area contributed by atoms with Gasteiger partial charge in [-0.3, -0.25) is 0 Å². The molecule has 14 heavy (non-hydrogen) atoms. The second kappa shape index (κ2) is 4.82. The number of hydrogen-bond donors (Lipinski definition) is 2. The lowest BCUT2D eigenvalue weighted by molar-refractivity contribution is 0.513. The van der Waals surface area contributed by atoms with Crippen molar-refractivity contribution in [3.63, 3.8) is 0 Å². The fraction of sp³-hybridized carbons (Fsp3) is 0.333. The van der Waals surface area contributed by atoms with Gasteiger partial charge in [0, 0.05) is 18.2 Å². The van der Waals surface area contributed by atoms with E-state index in [9.17, 15) is 0 Å². The summed E-state index contributed by atoms with van der Waals surface area (Å²) in [4.78, 5) is 0. The van der Waals surface area contributed by atoms with Crippen molar-refractivity contribution in [2.24, 2.45) is 0 Å². The second-order valence-electron chi connectivity index (χ2n) is 3.68. The van der Waals surface area contributed by atoms with Gasteiger partial charge in [-0.1, -0.05) is 44.7 Å². The first-order valence-corrected chi connectivity index (χ1v) is 4.80. The van der Waals surface area contributed by atoms with Gasteiger partial charge in [0.2, 0.25) is 0 Å². The highest BCUT2D eigenvalue weighted by Crippen LogP contribution is 2.10. The minimum absolute atomic E-state index is 0.119. The highest BCUT2D eigenvalue weighted by Gasteiger charge is 1.97. The van der Waals surface area contributed by atoms with Gasteiger partial charge in [0.25, 0.3) is 0 Å². The van der Waals surface area contributed by atoms with Gasteiger partial charge in [-0.2, -0.15) is 0 Å². The van der Waals surface area contributed by atoms with E-state index in [1.165, 1.54) is 5.56 Å². The van der Waals surface area contributed by atoms with E-state index >= 15 is 0 Å². The molecule has 0 atom stereocenters. The summed E-state index contributed by atoms with van der Waals surface area (Å²) in [5.74, 6) is 0.119. The van der Waals surface area contributed by atoms with Gasteiger partial charge in [-0.25, -0.2) is 0 Å². The van der Waals surface area contributed by atoms with Gasteiger partial charge < -0.3 is 10.4 Å². The molecule has 0 saturated heterocycles. The maximum absolute atomic E-state index is 9.12. The third-order valence-corrected chi connectivity index (χ3v) is 2.00. The van der Waals surface area contributed by atoms with Crippen LogP contribution in [-0.2, 0) is 6.54 Å². The van der Waals surface area contributed by atoms with Crippen LogP contribution in [0.5, 0.6) is 0 Å². The number of hydrogen-bond acceptors (Lipinski definition) is 2. The molecule has 1 aromatic carbocycles. The zero-order chi connectivity index (χ0) is 10.6. The highest BCUT2D eigenvalue weighted by atomic mass is 16.3. The SMILES string of the molecule is C=C(O)c1ccc(CNC(C)C)cc1. The average molecular weight is 191 g/mol. The predicted octanol–water partition coefficient (Wildman–Crippen LogP) is 2.71. The molecule has 2 nitrogen and oxygen atoms in total. The van der Waals surface area contributed by atoms with Crippen molar-refractivity contribution in [3.05, 3.63) is 42.0 Å². The Balaban J connectivity index is 2.60. The standard InChI is InChI=1S/C12H17NO/c1-9(2)13-8-11-4-6-12(7-5-11)10(3)14/h4-7,9,13-14H,3,8H2,1-2H3. The number of aliphatic hydroxyl groups excluding tert-OH is 1. The molecular formula is C12H17NO. The van der Waals surface area contributed by atoms with Crippen molar-refractivity contribution in [1.29, 1.82) is 0 Å². The predicted molar refractivity (Wildman–Crippen MR) is 60.1 cm³/mol. The van der Waals surface area contributed by atoms with Crippen LogP contribution in [0.1, 0.15) is 25.0 Å². The lowest BCUT2D eigenvalue weighted by atomic mass is 10.1. The van der Waals surface area contributed by atoms with Crippen molar-refractivity contribution in [2.45, 2.75) is 26.4 Å². The van der Waals surface area contributed by atoms with Gasteiger partial charge in [0.1, 0.15) is 5.76 Å². The molecule has 0 aliphatic rings. The Hall–Kier alpha value is -1.28. The lowest BCUT2D eigenvalue weighted by Gasteiger charge is -2.08. The first kappa shape index (κ1) is 10.8. The molecule has 0 aromatic heterocycles. The van der Waals surface area contributed by atoms with Gasteiger partial charge in [-0.05, 0) is 5.56 Å². The van der Waals surface area contributed by atoms with Gasteiger partial charge in [-0.15, -0.1) is 0 Å². The molecule has 0 bridgehead atoms. The van der Waals surface area contributed by atoms with E-state index in [0.29, 0.717) is 6.04 Å². The Morgan fingerprint density at radius 3 is 2.36 bits per heavy atom. The minimum atomic E-state index is 0.119. The molecule has 0 aliphatic heterocycles. The highest BCUT2D eigenvalue weighted by molar-refractivity contribution is 5.55. The molecule has 0 heterocycles. The number of rotatable bonds is 4. The monoisotopic (exact) mass is 191 g/mol. The largest absolute Gasteiger partial charge is 0.508 e. The zero-order valence-corrected chi connectivity index (χ0v) is 8.75. The summed E-state index contributed by atoms with van der Waals surface area (Å²) in [5, 5.41) is 12.4. The first-order chi connectivity index (χ1) is 6.59. The van der Waals surface area contributed by atoms with Gasteiger partial charge in [0.05, 0.1) is 0 Å². The van der Waals surface area contributed by atoms with Crippen molar-refractivity contribution in [1.82, 2.24) is 5.32 Å². The molecule has 0 unspecified atom stereocenters. The smallest absolute Gasteiger partial charge is 0.115 e. The van der Waals surface area contributed by atoms with Crippen LogP contribution in [0.4, 0.5) is 0 Å². The molecule has 0 saturated carbocycles. The molecule has 2 heteroatoms. The van der Waals surface area contributed by atoms with Crippen LogP contribution in [0.3, 0.4) is 0 Å². The fourth-order valence-corrected chi connectivity index (χ4v) is 1.14. The molecule has 0 radical (unpaired) electrons. The fourth-order valence-electron chi connectivity index (χ4n) is 1.14. The van der Waals surface area contributed by atoms with Crippen LogP contribution in [0.2, 0.25) is 0 Å². The Bertz CT molecular complexity index is 301. The Labute approximate surface area is 85.3 Å². The quantitative estimate of drug-likeness (QED) is 0.717. The summed E-state index contributed by atoms with van der Waals surface area (Å²) in [6.07, 6.45) is 0. The van der Waals surface area contributed by atoms with Gasteiger partial charge in [0.15, 0.2) is 0 Å². The summed E-state index contributed by atoms with van der Waals surface area (Å²) >= 11 is 0. The Morgan fingerprint density at radius 1 is 1.36 bits per heavy atom. The summed E-state index contributed by atoms with van der Waals surface area (Å²) in [5.41, 5.74) is 1.99. The van der Waals surface area contributed by atoms with Gasteiger partial charge >= 0.3 is 0 Å². The van der Waals surface area contributed by atoms with Crippen molar-refractivity contribution in [3.8, 4) is 0 Å². The van der Waals surface area contributed by atoms with E-state index in [-0.39, 0.29) is 5.76 Å². The van der Waals surface area contributed by atoms with E-state index in [2.05, 4.69) is 25.7 Å². The second-order valence-corrected chi connectivity index (χ2v) is 3.68. The van der Waals surface area contributed by atoms with E-state index in [1.807, 2.05) is 24.3 Å². The average Bonchev–Trinajstić information content (AvgIpc) is 2.15. The van der Waals surface area contributed by atoms with E-state index < -0.39 is 0 Å². The maximum Gasteiger partial charge on any atom is 0.115 e. The lowest BCUT2D eigenvalue weighted by Crippen LogP contribution is -2.21. The van der Waals surface area contributed by atoms with Crippen LogP contribution < -0.4 is 5.32 Å². The van der Waals surface area contributed by atoms with E-state index in [4.69, 9.17) is 5.11 Å².